The van der Waals surface area contributed by atoms with Crippen LogP contribution in [0.1, 0.15) is 0 Å². The summed E-state index contributed by atoms with van der Waals surface area (Å²) in [6, 6.07) is 3.25. The maximum atomic E-state index is 10.6. The van der Waals surface area contributed by atoms with Crippen molar-refractivity contribution in [1.82, 2.24) is 19.5 Å². The van der Waals surface area contributed by atoms with Gasteiger partial charge < -0.3 is 11.1 Å². The molecule has 0 aliphatic carbocycles. The molecule has 2 heterocycles. The molecule has 0 atom stereocenters. The van der Waals surface area contributed by atoms with Crippen LogP contribution >= 0.6 is 0 Å². The van der Waals surface area contributed by atoms with E-state index in [2.05, 4.69) is 20.3 Å². The third kappa shape index (κ3) is 3.74. The Morgan fingerprint density at radius 2 is 1.94 bits per heavy atom. The van der Waals surface area contributed by atoms with E-state index in [1.54, 1.807) is 26.2 Å². The molecule has 8 heteroatoms. The van der Waals surface area contributed by atoms with Gasteiger partial charge in [0, 0.05) is 26.5 Å². The number of aromatic amines is 1. The van der Waals surface area contributed by atoms with Gasteiger partial charge >= 0.3 is 11.4 Å². The second-order valence-electron chi connectivity index (χ2n) is 3.25. The average Bonchev–Trinajstić information content (AvgIpc) is 2.36. The van der Waals surface area contributed by atoms with E-state index in [0.29, 0.717) is 11.6 Å². The fraction of sp³-hybridized carbons (Fsp3) is 0.200. The van der Waals surface area contributed by atoms with Gasteiger partial charge in [0.15, 0.2) is 0 Å². The van der Waals surface area contributed by atoms with Crippen LogP contribution in [0.3, 0.4) is 0 Å². The van der Waals surface area contributed by atoms with Crippen LogP contribution in [0.15, 0.2) is 34.1 Å². The molecule has 0 fully saturated rings. The highest BCUT2D eigenvalue weighted by Crippen LogP contribution is 1.90. The van der Waals surface area contributed by atoms with Crippen LogP contribution in [-0.2, 0) is 7.05 Å². The van der Waals surface area contributed by atoms with Crippen molar-refractivity contribution in [2.45, 2.75) is 0 Å². The molecule has 0 amide bonds. The van der Waals surface area contributed by atoms with Crippen molar-refractivity contribution < 1.29 is 0 Å². The molecule has 0 aliphatic rings. The largest absolute Gasteiger partial charge is 0.385 e. The van der Waals surface area contributed by atoms with E-state index < -0.39 is 0 Å². The first-order chi connectivity index (χ1) is 8.54. The average molecular weight is 250 g/mol. The summed E-state index contributed by atoms with van der Waals surface area (Å²) in [6.07, 6.45) is 2.84. The number of nitrogen functional groups attached to an aromatic ring is 1. The van der Waals surface area contributed by atoms with E-state index in [1.165, 1.54) is 17.0 Å². The van der Waals surface area contributed by atoms with Crippen LogP contribution in [0, 0.1) is 0 Å². The second-order valence-corrected chi connectivity index (χ2v) is 3.25. The zero-order valence-electron chi connectivity index (χ0n) is 10.0. The Morgan fingerprint density at radius 1 is 1.28 bits per heavy atom. The standard InChI is InChI=1S/2C5H7N3O/c1-8-4(6)2-3-7-5(8)9;1-6-4-2-3-7-5(9)8-4/h2-3H,6H2,1H3;2-3H,1H3,(H2,6,7,8,9). The summed E-state index contributed by atoms with van der Waals surface area (Å²) in [5, 5.41) is 2.77. The normalized spacial score (nSPS) is 9.22. The maximum absolute atomic E-state index is 10.6. The van der Waals surface area contributed by atoms with Crippen molar-refractivity contribution in [3.63, 3.8) is 0 Å². The minimum Gasteiger partial charge on any atom is -0.385 e. The summed E-state index contributed by atoms with van der Waals surface area (Å²) in [7, 11) is 3.30. The van der Waals surface area contributed by atoms with Crippen molar-refractivity contribution in [1.29, 1.82) is 0 Å². The highest BCUT2D eigenvalue weighted by atomic mass is 16.1. The number of nitrogens with one attached hydrogen (secondary N) is 2. The Balaban J connectivity index is 0.000000180. The smallest absolute Gasteiger partial charge is 0.348 e. The third-order valence-electron chi connectivity index (χ3n) is 2.05. The van der Waals surface area contributed by atoms with Crippen LogP contribution < -0.4 is 22.4 Å². The van der Waals surface area contributed by atoms with Crippen LogP contribution in [0.5, 0.6) is 0 Å². The summed E-state index contributed by atoms with van der Waals surface area (Å²) in [5.74, 6) is 1.10. The molecule has 0 saturated heterocycles. The molecule has 0 aliphatic heterocycles. The monoisotopic (exact) mass is 250 g/mol. The minimum absolute atomic E-state index is 0.324. The number of nitrogens with two attached hydrogens (primary N) is 1. The molecular weight excluding hydrogens is 236 g/mol. The summed E-state index contributed by atoms with van der Waals surface area (Å²) in [6.45, 7) is 0. The summed E-state index contributed by atoms with van der Waals surface area (Å²) >= 11 is 0. The third-order valence-corrected chi connectivity index (χ3v) is 2.05. The Kier molecular flexibility index (Phi) is 4.61. The highest BCUT2D eigenvalue weighted by Gasteiger charge is 1.90. The van der Waals surface area contributed by atoms with Crippen molar-refractivity contribution in [2.24, 2.45) is 7.05 Å². The van der Waals surface area contributed by atoms with Crippen molar-refractivity contribution in [3.05, 3.63) is 45.5 Å². The molecule has 0 bridgehead atoms. The van der Waals surface area contributed by atoms with Gasteiger partial charge in [-0.15, -0.1) is 0 Å². The fourth-order valence-electron chi connectivity index (χ4n) is 1.00. The Labute approximate surface area is 103 Å². The Bertz CT molecular complexity index is 618. The van der Waals surface area contributed by atoms with Gasteiger partial charge in [-0.25, -0.2) is 19.6 Å². The number of anilines is 2. The van der Waals surface area contributed by atoms with Crippen molar-refractivity contribution in [3.8, 4) is 0 Å². The first kappa shape index (κ1) is 13.4. The lowest BCUT2D eigenvalue weighted by Gasteiger charge is -1.97. The summed E-state index contributed by atoms with van der Waals surface area (Å²) in [5.41, 5.74) is 4.69. The van der Waals surface area contributed by atoms with E-state index in [1.807, 2.05) is 0 Å². The zero-order chi connectivity index (χ0) is 13.5. The molecule has 0 radical (unpaired) electrons. The fourth-order valence-corrected chi connectivity index (χ4v) is 1.00. The molecule has 2 aromatic rings. The number of hydrogen-bond acceptors (Lipinski definition) is 6. The Hall–Kier alpha value is -2.64. The van der Waals surface area contributed by atoms with Crippen molar-refractivity contribution in [2.75, 3.05) is 18.1 Å². The van der Waals surface area contributed by atoms with Gasteiger partial charge in [-0.3, -0.25) is 9.55 Å². The summed E-state index contributed by atoms with van der Waals surface area (Å²) < 4.78 is 1.28. The lowest BCUT2D eigenvalue weighted by Crippen LogP contribution is -2.21. The quantitative estimate of drug-likeness (QED) is 0.608. The van der Waals surface area contributed by atoms with Crippen LogP contribution in [0.4, 0.5) is 11.6 Å². The van der Waals surface area contributed by atoms with Gasteiger partial charge in [0.05, 0.1) is 0 Å². The van der Waals surface area contributed by atoms with Gasteiger partial charge in [0.1, 0.15) is 11.6 Å². The van der Waals surface area contributed by atoms with Gasteiger partial charge in [0.2, 0.25) is 0 Å². The minimum atomic E-state index is -0.332. The predicted molar refractivity (Wildman–Crippen MR) is 68.3 cm³/mol. The van der Waals surface area contributed by atoms with E-state index in [0.717, 1.165) is 0 Å². The first-order valence-corrected chi connectivity index (χ1v) is 5.05. The molecule has 2 rings (SSSR count). The maximum Gasteiger partial charge on any atom is 0.348 e. The predicted octanol–water partition coefficient (Wildman–Crippen LogP) is -0.826. The molecule has 96 valence electrons. The van der Waals surface area contributed by atoms with Crippen LogP contribution in [0.2, 0.25) is 0 Å². The van der Waals surface area contributed by atoms with Crippen LogP contribution in [0.25, 0.3) is 0 Å². The number of nitrogens with zero attached hydrogens (tertiary/aromatic N) is 3. The molecule has 0 saturated carbocycles. The second kappa shape index (κ2) is 6.18. The van der Waals surface area contributed by atoms with Gasteiger partial charge in [-0.2, -0.15) is 0 Å². The highest BCUT2D eigenvalue weighted by molar-refractivity contribution is 5.29. The molecule has 18 heavy (non-hydrogen) atoms. The number of rotatable bonds is 1. The van der Waals surface area contributed by atoms with Gasteiger partial charge in [0.25, 0.3) is 0 Å². The van der Waals surface area contributed by atoms with Gasteiger partial charge in [-0.05, 0) is 12.1 Å². The molecular formula is C10H14N6O2. The van der Waals surface area contributed by atoms with Crippen molar-refractivity contribution >= 4 is 11.6 Å². The number of aromatic nitrogens is 4. The zero-order valence-corrected chi connectivity index (χ0v) is 10.0. The first-order valence-electron chi connectivity index (χ1n) is 5.05. The molecule has 0 spiro atoms. The van der Waals surface area contributed by atoms with Gasteiger partial charge in [-0.1, -0.05) is 0 Å². The molecule has 2 aromatic heterocycles. The number of H-pyrrole nitrogens is 1. The molecule has 4 N–H and O–H groups in total. The molecule has 0 aromatic carbocycles. The Morgan fingerprint density at radius 3 is 2.39 bits per heavy atom. The summed E-state index contributed by atoms with van der Waals surface area (Å²) in [4.78, 5) is 30.4. The van der Waals surface area contributed by atoms with E-state index in [4.69, 9.17) is 5.73 Å². The topological polar surface area (TPSA) is 119 Å². The SMILES string of the molecule is CNc1ccnc(=O)[nH]1.Cn1c(N)ccnc1=O. The lowest BCUT2D eigenvalue weighted by molar-refractivity contribution is 0.824. The molecule has 8 nitrogen and oxygen atoms in total. The van der Waals surface area contributed by atoms with E-state index in [9.17, 15) is 9.59 Å². The number of hydrogen-bond donors (Lipinski definition) is 3. The van der Waals surface area contributed by atoms with Crippen LogP contribution in [-0.4, -0.2) is 26.6 Å². The molecule has 0 unspecified atom stereocenters. The van der Waals surface area contributed by atoms with E-state index >= 15 is 0 Å². The lowest BCUT2D eigenvalue weighted by atomic mass is 10.6. The van der Waals surface area contributed by atoms with E-state index in [-0.39, 0.29) is 11.4 Å².